The highest BCUT2D eigenvalue weighted by Crippen LogP contribution is 2.49. The molecule has 0 heterocycles. The van der Waals surface area contributed by atoms with Gasteiger partial charge in [-0.15, -0.1) is 11.6 Å². The van der Waals surface area contributed by atoms with Crippen LogP contribution in [0.25, 0.3) is 0 Å². The summed E-state index contributed by atoms with van der Waals surface area (Å²) in [5.41, 5.74) is 0.886. The van der Waals surface area contributed by atoms with Gasteiger partial charge in [0.05, 0.1) is 0 Å². The summed E-state index contributed by atoms with van der Waals surface area (Å²) in [5, 5.41) is 0. The molecule has 0 aromatic carbocycles. The van der Waals surface area contributed by atoms with Crippen molar-refractivity contribution in [2.75, 3.05) is 5.88 Å². The summed E-state index contributed by atoms with van der Waals surface area (Å²) in [6, 6.07) is 0. The van der Waals surface area contributed by atoms with Crippen molar-refractivity contribution < 1.29 is 0 Å². The summed E-state index contributed by atoms with van der Waals surface area (Å²) in [5.74, 6) is 1.76. The molecule has 0 bridgehead atoms. The van der Waals surface area contributed by atoms with Crippen LogP contribution < -0.4 is 0 Å². The lowest BCUT2D eigenvalue weighted by molar-refractivity contribution is 0.229. The molecule has 1 unspecified atom stereocenters. The van der Waals surface area contributed by atoms with E-state index < -0.39 is 0 Å². The van der Waals surface area contributed by atoms with Crippen LogP contribution in [0.1, 0.15) is 53.4 Å². The smallest absolute Gasteiger partial charge is 0.0280 e. The summed E-state index contributed by atoms with van der Waals surface area (Å²) in [7, 11) is 0. The van der Waals surface area contributed by atoms with E-state index in [9.17, 15) is 0 Å². The first kappa shape index (κ1) is 11.4. The molecule has 78 valence electrons. The van der Waals surface area contributed by atoms with Crippen molar-refractivity contribution in [3.63, 3.8) is 0 Å². The normalized spacial score (nSPS) is 22.8. The Morgan fingerprint density at radius 1 is 1.08 bits per heavy atom. The number of hydrogen-bond donors (Lipinski definition) is 0. The summed E-state index contributed by atoms with van der Waals surface area (Å²) < 4.78 is 0. The summed E-state index contributed by atoms with van der Waals surface area (Å²) >= 11 is 6.07. The van der Waals surface area contributed by atoms with Crippen LogP contribution in [0.2, 0.25) is 0 Å². The highest BCUT2D eigenvalue weighted by molar-refractivity contribution is 6.18. The predicted octanol–water partition coefficient (Wildman–Crippen LogP) is 4.47. The Labute approximate surface area is 88.1 Å². The second-order valence-electron chi connectivity index (χ2n) is 6.12. The van der Waals surface area contributed by atoms with Crippen molar-refractivity contribution in [2.24, 2.45) is 16.7 Å². The van der Waals surface area contributed by atoms with Gasteiger partial charge in [0, 0.05) is 5.88 Å². The summed E-state index contributed by atoms with van der Waals surface area (Å²) in [4.78, 5) is 0. The zero-order valence-corrected chi connectivity index (χ0v) is 10.2. The topological polar surface area (TPSA) is 0 Å². The van der Waals surface area contributed by atoms with E-state index in [0.717, 1.165) is 11.8 Å². The van der Waals surface area contributed by atoms with E-state index in [-0.39, 0.29) is 0 Å². The van der Waals surface area contributed by atoms with Crippen molar-refractivity contribution >= 4 is 11.6 Å². The standard InChI is InChI=1S/C12H23Cl/c1-11(2,3)7-8-12(4,9-13)10-5-6-10/h10H,5-9H2,1-4H3. The van der Waals surface area contributed by atoms with Crippen molar-refractivity contribution in [2.45, 2.75) is 53.4 Å². The van der Waals surface area contributed by atoms with Crippen LogP contribution in [0.4, 0.5) is 0 Å². The largest absolute Gasteiger partial charge is 0.126 e. The summed E-state index contributed by atoms with van der Waals surface area (Å²) in [6.45, 7) is 9.31. The Balaban J connectivity index is 2.39. The van der Waals surface area contributed by atoms with Crippen LogP contribution in [0.3, 0.4) is 0 Å². The molecule has 13 heavy (non-hydrogen) atoms. The fraction of sp³-hybridized carbons (Fsp3) is 1.00. The van der Waals surface area contributed by atoms with E-state index in [1.807, 2.05) is 0 Å². The maximum atomic E-state index is 6.07. The Morgan fingerprint density at radius 3 is 1.92 bits per heavy atom. The minimum atomic E-state index is 0.425. The van der Waals surface area contributed by atoms with Crippen molar-refractivity contribution in [3.8, 4) is 0 Å². The molecule has 0 aromatic rings. The third kappa shape index (κ3) is 3.50. The van der Waals surface area contributed by atoms with Crippen LogP contribution in [0.15, 0.2) is 0 Å². The first-order valence-electron chi connectivity index (χ1n) is 5.43. The first-order chi connectivity index (χ1) is 5.87. The Kier molecular flexibility index (Phi) is 3.33. The maximum absolute atomic E-state index is 6.07. The van der Waals surface area contributed by atoms with Gasteiger partial charge in [-0.25, -0.2) is 0 Å². The second-order valence-corrected chi connectivity index (χ2v) is 6.39. The highest BCUT2D eigenvalue weighted by atomic mass is 35.5. The highest BCUT2D eigenvalue weighted by Gasteiger charge is 2.40. The van der Waals surface area contributed by atoms with E-state index in [1.165, 1.54) is 25.7 Å². The molecular formula is C12H23Cl. The van der Waals surface area contributed by atoms with E-state index in [0.29, 0.717) is 10.8 Å². The average molecular weight is 203 g/mol. The third-order valence-corrected chi connectivity index (χ3v) is 3.92. The van der Waals surface area contributed by atoms with Gasteiger partial charge in [0.1, 0.15) is 0 Å². The fourth-order valence-electron chi connectivity index (χ4n) is 1.82. The molecule has 1 rings (SSSR count). The molecule has 0 aliphatic heterocycles. The Hall–Kier alpha value is 0.290. The van der Waals surface area contributed by atoms with Crippen LogP contribution in [0.5, 0.6) is 0 Å². The zero-order valence-electron chi connectivity index (χ0n) is 9.49. The van der Waals surface area contributed by atoms with E-state index >= 15 is 0 Å². The molecule has 0 spiro atoms. The minimum absolute atomic E-state index is 0.425. The molecule has 1 aliphatic carbocycles. The van der Waals surface area contributed by atoms with E-state index in [4.69, 9.17) is 11.6 Å². The van der Waals surface area contributed by atoms with Gasteiger partial charge < -0.3 is 0 Å². The second kappa shape index (κ2) is 3.81. The fourth-order valence-corrected chi connectivity index (χ4v) is 2.17. The molecule has 1 fully saturated rings. The summed E-state index contributed by atoms with van der Waals surface area (Å²) in [6.07, 6.45) is 5.41. The van der Waals surface area contributed by atoms with E-state index in [1.54, 1.807) is 0 Å². The lowest BCUT2D eigenvalue weighted by Crippen LogP contribution is -2.23. The number of hydrogen-bond acceptors (Lipinski definition) is 0. The number of halogens is 1. The lowest BCUT2D eigenvalue weighted by atomic mass is 9.77. The minimum Gasteiger partial charge on any atom is -0.126 e. The van der Waals surface area contributed by atoms with Crippen LogP contribution >= 0.6 is 11.6 Å². The van der Waals surface area contributed by atoms with Crippen LogP contribution in [0, 0.1) is 16.7 Å². The Bertz CT molecular complexity index is 164. The molecular weight excluding hydrogens is 180 g/mol. The maximum Gasteiger partial charge on any atom is 0.0280 e. The average Bonchev–Trinajstić information content (AvgIpc) is 2.81. The van der Waals surface area contributed by atoms with Gasteiger partial charge in [0.15, 0.2) is 0 Å². The molecule has 1 atom stereocenters. The molecule has 1 aliphatic rings. The predicted molar refractivity (Wildman–Crippen MR) is 60.2 cm³/mol. The van der Waals surface area contributed by atoms with Crippen LogP contribution in [-0.2, 0) is 0 Å². The molecule has 0 aromatic heterocycles. The molecule has 0 radical (unpaired) electrons. The SMILES string of the molecule is CC(C)(C)CCC(C)(CCl)C1CC1. The van der Waals surface area contributed by atoms with E-state index in [2.05, 4.69) is 27.7 Å². The third-order valence-electron chi connectivity index (χ3n) is 3.31. The zero-order chi connectivity index (χ0) is 10.1. The Morgan fingerprint density at radius 2 is 1.62 bits per heavy atom. The molecule has 0 saturated heterocycles. The number of rotatable bonds is 4. The molecule has 1 saturated carbocycles. The quantitative estimate of drug-likeness (QED) is 0.591. The van der Waals surface area contributed by atoms with Gasteiger partial charge in [-0.3, -0.25) is 0 Å². The molecule has 0 N–H and O–H groups in total. The van der Waals surface area contributed by atoms with Crippen LogP contribution in [-0.4, -0.2) is 5.88 Å². The number of alkyl halides is 1. The van der Waals surface area contributed by atoms with Gasteiger partial charge in [-0.1, -0.05) is 27.7 Å². The van der Waals surface area contributed by atoms with Gasteiger partial charge in [0.2, 0.25) is 0 Å². The van der Waals surface area contributed by atoms with Gasteiger partial charge in [0.25, 0.3) is 0 Å². The van der Waals surface area contributed by atoms with Crippen molar-refractivity contribution in [1.82, 2.24) is 0 Å². The van der Waals surface area contributed by atoms with Gasteiger partial charge in [-0.2, -0.15) is 0 Å². The molecule has 1 heteroatoms. The van der Waals surface area contributed by atoms with Crippen molar-refractivity contribution in [1.29, 1.82) is 0 Å². The van der Waals surface area contributed by atoms with Gasteiger partial charge in [-0.05, 0) is 42.4 Å². The monoisotopic (exact) mass is 202 g/mol. The lowest BCUT2D eigenvalue weighted by Gasteiger charge is -2.30. The molecule has 0 nitrogen and oxygen atoms in total. The van der Waals surface area contributed by atoms with Gasteiger partial charge >= 0.3 is 0 Å². The first-order valence-corrected chi connectivity index (χ1v) is 5.97. The van der Waals surface area contributed by atoms with Crippen molar-refractivity contribution in [3.05, 3.63) is 0 Å². The molecule has 0 amide bonds.